The molecule has 2 heterocycles. The van der Waals surface area contributed by atoms with Crippen LogP contribution in [0.25, 0.3) is 111 Å². The molecule has 11 aromatic rings. The van der Waals surface area contributed by atoms with Crippen molar-refractivity contribution < 1.29 is 0 Å². The summed E-state index contributed by atoms with van der Waals surface area (Å²) in [5.74, 6) is 0. The molecule has 0 saturated heterocycles. The summed E-state index contributed by atoms with van der Waals surface area (Å²) in [5.41, 5.74) is 25.1. The standard InChI is InChI=1S/C57H32N4/c1-4-20-45-39(13-1)40-14-2-5-21-46(40)57(45)47-22-6-3-15-42(47)54-48(57)32-44-41-18-7-11-33-12-8-19-43(51(33)41)53(44)52(54)36-30-34(37-16-9-23-49-55(37)60-27-25-58-49)29-35(31-36)38-17-10-24-50-56(38)61-28-26-59-50/h1-32H. The molecule has 0 radical (unpaired) electrons. The molecule has 0 amide bonds. The predicted octanol–water partition coefficient (Wildman–Crippen LogP) is 13.7. The Bertz CT molecular complexity index is 3570. The summed E-state index contributed by atoms with van der Waals surface area (Å²) in [7, 11) is 0. The van der Waals surface area contributed by atoms with Crippen LogP contribution < -0.4 is 0 Å². The minimum atomic E-state index is -0.511. The molecule has 280 valence electrons. The van der Waals surface area contributed by atoms with E-state index >= 15 is 0 Å². The smallest absolute Gasteiger partial charge is 0.0965 e. The third-order valence-electron chi connectivity index (χ3n) is 13.6. The van der Waals surface area contributed by atoms with E-state index in [1.165, 1.54) is 83.1 Å². The molecule has 0 aliphatic heterocycles. The minimum Gasteiger partial charge on any atom is -0.253 e. The third-order valence-corrected chi connectivity index (χ3v) is 13.6. The van der Waals surface area contributed by atoms with E-state index in [0.717, 1.165) is 49.9 Å². The lowest BCUT2D eigenvalue weighted by Crippen LogP contribution is -2.26. The van der Waals surface area contributed by atoms with Gasteiger partial charge in [0.15, 0.2) is 0 Å². The fraction of sp³-hybridized carbons (Fsp3) is 0.0175. The molecule has 0 N–H and O–H groups in total. The Morgan fingerprint density at radius 3 is 1.39 bits per heavy atom. The number of nitrogens with zero attached hydrogens (tertiary/aromatic N) is 4. The molecule has 9 aromatic carbocycles. The SMILES string of the molecule is c1ccc2c(c1)-c1ccccc1C21c2ccccc2-c2c1cc1c(c2-c2cc(-c3cccc4nccnc34)cc(-c3cccc4nccnc34)c2)-c2cccc3cccc-1c23. The molecular formula is C57H32N4. The molecule has 0 bridgehead atoms. The van der Waals surface area contributed by atoms with Crippen molar-refractivity contribution in [1.82, 2.24) is 19.9 Å². The van der Waals surface area contributed by atoms with Crippen LogP contribution in [0.2, 0.25) is 0 Å². The number of rotatable bonds is 3. The lowest BCUT2D eigenvalue weighted by Gasteiger charge is -2.31. The van der Waals surface area contributed by atoms with E-state index in [0.29, 0.717) is 0 Å². The molecule has 4 nitrogen and oxygen atoms in total. The van der Waals surface area contributed by atoms with Gasteiger partial charge in [0.2, 0.25) is 0 Å². The van der Waals surface area contributed by atoms with Gasteiger partial charge in [-0.1, -0.05) is 133 Å². The van der Waals surface area contributed by atoms with Gasteiger partial charge in [-0.05, 0) is 136 Å². The van der Waals surface area contributed by atoms with Crippen molar-refractivity contribution in [3.05, 3.63) is 217 Å². The molecule has 61 heavy (non-hydrogen) atoms. The summed E-state index contributed by atoms with van der Waals surface area (Å²) in [6.45, 7) is 0. The Hall–Kier alpha value is -8.08. The molecule has 3 aliphatic rings. The van der Waals surface area contributed by atoms with Gasteiger partial charge in [-0.2, -0.15) is 0 Å². The number of hydrogen-bond donors (Lipinski definition) is 0. The highest BCUT2D eigenvalue weighted by Gasteiger charge is 2.53. The van der Waals surface area contributed by atoms with Crippen LogP contribution >= 0.6 is 0 Å². The van der Waals surface area contributed by atoms with Crippen LogP contribution in [0.5, 0.6) is 0 Å². The lowest BCUT2D eigenvalue weighted by molar-refractivity contribution is 0.794. The van der Waals surface area contributed by atoms with Crippen molar-refractivity contribution in [3.8, 4) is 77.9 Å². The molecule has 0 unspecified atom stereocenters. The summed E-state index contributed by atoms with van der Waals surface area (Å²) >= 11 is 0. The fourth-order valence-electron chi connectivity index (χ4n) is 11.3. The van der Waals surface area contributed by atoms with E-state index in [2.05, 4.69) is 158 Å². The van der Waals surface area contributed by atoms with Crippen molar-refractivity contribution in [3.63, 3.8) is 0 Å². The van der Waals surface area contributed by atoms with Crippen LogP contribution in [0.15, 0.2) is 195 Å². The molecule has 14 rings (SSSR count). The van der Waals surface area contributed by atoms with E-state index in [1.807, 2.05) is 12.1 Å². The highest BCUT2D eigenvalue weighted by molar-refractivity contribution is 6.21. The maximum atomic E-state index is 4.92. The first-order chi connectivity index (χ1) is 30.3. The Morgan fingerprint density at radius 1 is 0.295 bits per heavy atom. The van der Waals surface area contributed by atoms with Gasteiger partial charge in [0.25, 0.3) is 0 Å². The fourth-order valence-corrected chi connectivity index (χ4v) is 11.3. The quantitative estimate of drug-likeness (QED) is 0.179. The maximum Gasteiger partial charge on any atom is 0.0965 e. The van der Waals surface area contributed by atoms with Crippen molar-refractivity contribution in [2.24, 2.45) is 0 Å². The van der Waals surface area contributed by atoms with Crippen molar-refractivity contribution in [2.75, 3.05) is 0 Å². The Morgan fingerprint density at radius 2 is 0.770 bits per heavy atom. The van der Waals surface area contributed by atoms with Gasteiger partial charge in [0.05, 0.1) is 27.5 Å². The second-order valence-electron chi connectivity index (χ2n) is 16.5. The predicted molar refractivity (Wildman–Crippen MR) is 247 cm³/mol. The van der Waals surface area contributed by atoms with E-state index < -0.39 is 5.41 Å². The summed E-state index contributed by atoms with van der Waals surface area (Å²) in [6.07, 6.45) is 7.12. The van der Waals surface area contributed by atoms with Crippen LogP contribution in [0.1, 0.15) is 22.3 Å². The van der Waals surface area contributed by atoms with Gasteiger partial charge in [-0.25, -0.2) is 0 Å². The summed E-state index contributed by atoms with van der Waals surface area (Å²) in [4.78, 5) is 19.3. The van der Waals surface area contributed by atoms with Gasteiger partial charge < -0.3 is 0 Å². The molecule has 3 aliphatic carbocycles. The van der Waals surface area contributed by atoms with E-state index in [-0.39, 0.29) is 0 Å². The van der Waals surface area contributed by atoms with Gasteiger partial charge in [-0.3, -0.25) is 19.9 Å². The largest absolute Gasteiger partial charge is 0.253 e. The molecule has 1 spiro atoms. The molecule has 0 fully saturated rings. The third kappa shape index (κ3) is 4.23. The number of hydrogen-bond acceptors (Lipinski definition) is 4. The summed E-state index contributed by atoms with van der Waals surface area (Å²) in [5, 5.41) is 2.56. The Balaban J connectivity index is 1.18. The number of benzene rings is 9. The second kappa shape index (κ2) is 12.0. The van der Waals surface area contributed by atoms with Gasteiger partial charge in [0.1, 0.15) is 0 Å². The average Bonchev–Trinajstić information content (AvgIpc) is 3.93. The van der Waals surface area contributed by atoms with Crippen LogP contribution in [0, 0.1) is 0 Å². The maximum absolute atomic E-state index is 4.92. The summed E-state index contributed by atoms with van der Waals surface area (Å²) in [6, 6.07) is 63.2. The molecule has 2 aromatic heterocycles. The molecule has 0 saturated carbocycles. The number of aromatic nitrogens is 4. The van der Waals surface area contributed by atoms with Gasteiger partial charge in [0, 0.05) is 35.9 Å². The Labute approximate surface area is 351 Å². The van der Waals surface area contributed by atoms with Crippen LogP contribution in [0.4, 0.5) is 0 Å². The highest BCUT2D eigenvalue weighted by Crippen LogP contribution is 2.67. The second-order valence-corrected chi connectivity index (χ2v) is 16.5. The monoisotopic (exact) mass is 772 g/mol. The van der Waals surface area contributed by atoms with Crippen molar-refractivity contribution in [2.45, 2.75) is 5.41 Å². The Kier molecular flexibility index (Phi) is 6.46. The van der Waals surface area contributed by atoms with Crippen molar-refractivity contribution in [1.29, 1.82) is 0 Å². The molecule has 4 heteroatoms. The van der Waals surface area contributed by atoms with Gasteiger partial charge >= 0.3 is 0 Å². The first-order valence-corrected chi connectivity index (χ1v) is 20.9. The van der Waals surface area contributed by atoms with Crippen LogP contribution in [-0.4, -0.2) is 19.9 Å². The zero-order valence-electron chi connectivity index (χ0n) is 32.8. The number of para-hydroxylation sites is 2. The first kappa shape index (κ1) is 32.8. The number of fused-ring (bicyclic) bond motifs is 15. The van der Waals surface area contributed by atoms with E-state index in [4.69, 9.17) is 19.9 Å². The molecule has 0 atom stereocenters. The lowest BCUT2D eigenvalue weighted by atomic mass is 9.69. The van der Waals surface area contributed by atoms with E-state index in [1.54, 1.807) is 24.8 Å². The van der Waals surface area contributed by atoms with Crippen LogP contribution in [0.3, 0.4) is 0 Å². The van der Waals surface area contributed by atoms with Crippen molar-refractivity contribution >= 4 is 32.8 Å². The van der Waals surface area contributed by atoms with Crippen LogP contribution in [-0.2, 0) is 5.41 Å². The summed E-state index contributed by atoms with van der Waals surface area (Å²) < 4.78 is 0. The topological polar surface area (TPSA) is 51.6 Å². The van der Waals surface area contributed by atoms with Gasteiger partial charge in [-0.15, -0.1) is 0 Å². The van der Waals surface area contributed by atoms with E-state index in [9.17, 15) is 0 Å². The minimum absolute atomic E-state index is 0.511. The molecular weight excluding hydrogens is 741 g/mol. The zero-order valence-corrected chi connectivity index (χ0v) is 32.8. The normalized spacial score (nSPS) is 13.4. The average molecular weight is 773 g/mol. The first-order valence-electron chi connectivity index (χ1n) is 20.9. The zero-order chi connectivity index (χ0) is 39.8. The highest BCUT2D eigenvalue weighted by atomic mass is 14.8.